The Morgan fingerprint density at radius 2 is 0.535 bits per heavy atom. The van der Waals surface area contributed by atoms with Gasteiger partial charge in [-0.1, -0.05) is 286 Å². The van der Waals surface area contributed by atoms with Crippen LogP contribution in [0.2, 0.25) is 0 Å². The molecule has 0 amide bonds. The third-order valence-corrected chi connectivity index (χ3v) is 17.4. The smallest absolute Gasteiger partial charge is 0.462 e. The van der Waals surface area contributed by atoms with Crippen LogP contribution < -0.4 is 0 Å². The molecule has 0 aliphatic rings. The van der Waals surface area contributed by atoms with E-state index in [0.29, 0.717) is 31.6 Å². The van der Waals surface area contributed by atoms with Gasteiger partial charge in [-0.15, -0.1) is 0 Å². The Bertz CT molecular complexity index is 1680. The first-order chi connectivity index (χ1) is 41.4. The zero-order chi connectivity index (χ0) is 63.6. The molecule has 0 heterocycles. The fourth-order valence-electron chi connectivity index (χ4n) is 10.1. The first-order valence-electron chi connectivity index (χ1n) is 35.0. The molecule has 2 unspecified atom stereocenters. The number of aliphatic hydroxyl groups is 1. The van der Waals surface area contributed by atoms with Crippen LogP contribution >= 0.6 is 15.6 Å². The molecular formula is C67H130O17P2. The second kappa shape index (κ2) is 59.4. The van der Waals surface area contributed by atoms with E-state index in [2.05, 4.69) is 41.5 Å². The number of unbranched alkanes of at least 4 members (excludes halogenated alkanes) is 36. The molecule has 0 aliphatic carbocycles. The summed E-state index contributed by atoms with van der Waals surface area (Å²) in [6.45, 7) is 9.44. The number of phosphoric ester groups is 2. The molecular weight excluding hydrogens is 1140 g/mol. The van der Waals surface area contributed by atoms with Crippen LogP contribution in [0.1, 0.15) is 337 Å². The van der Waals surface area contributed by atoms with E-state index in [-0.39, 0.29) is 25.7 Å². The van der Waals surface area contributed by atoms with Gasteiger partial charge in [-0.25, -0.2) is 9.13 Å². The molecule has 17 nitrogen and oxygen atoms in total. The van der Waals surface area contributed by atoms with Crippen molar-refractivity contribution in [2.75, 3.05) is 39.6 Å². The van der Waals surface area contributed by atoms with E-state index < -0.39 is 97.5 Å². The van der Waals surface area contributed by atoms with Crippen LogP contribution in [0.15, 0.2) is 0 Å². The van der Waals surface area contributed by atoms with E-state index in [0.717, 1.165) is 102 Å². The Labute approximate surface area is 524 Å². The Hall–Kier alpha value is -1.94. The van der Waals surface area contributed by atoms with Crippen molar-refractivity contribution < 1.29 is 80.2 Å². The van der Waals surface area contributed by atoms with Crippen molar-refractivity contribution in [2.24, 2.45) is 11.8 Å². The van der Waals surface area contributed by atoms with Crippen molar-refractivity contribution in [3.8, 4) is 0 Å². The lowest BCUT2D eigenvalue weighted by Crippen LogP contribution is -2.30. The quantitative estimate of drug-likeness (QED) is 0.0222. The van der Waals surface area contributed by atoms with Crippen LogP contribution in [0.4, 0.5) is 0 Å². The first kappa shape index (κ1) is 84.1. The number of ether oxygens (including phenoxy) is 4. The maximum Gasteiger partial charge on any atom is 0.472 e. The molecule has 5 atom stereocenters. The molecule has 0 spiro atoms. The van der Waals surface area contributed by atoms with E-state index in [1.165, 1.54) is 148 Å². The molecule has 510 valence electrons. The molecule has 0 aromatic rings. The Balaban J connectivity index is 5.24. The number of rotatable bonds is 66. The van der Waals surface area contributed by atoms with Crippen molar-refractivity contribution in [3.05, 3.63) is 0 Å². The van der Waals surface area contributed by atoms with Crippen LogP contribution in [0, 0.1) is 11.8 Å². The molecule has 0 bridgehead atoms. The minimum absolute atomic E-state index is 0.106. The van der Waals surface area contributed by atoms with Crippen molar-refractivity contribution in [2.45, 2.75) is 355 Å². The average Bonchev–Trinajstić information content (AvgIpc) is 3.69. The van der Waals surface area contributed by atoms with Gasteiger partial charge in [0, 0.05) is 25.7 Å². The van der Waals surface area contributed by atoms with Gasteiger partial charge in [-0.3, -0.25) is 37.3 Å². The van der Waals surface area contributed by atoms with E-state index >= 15 is 0 Å². The maximum atomic E-state index is 13.0. The fraction of sp³-hybridized carbons (Fsp3) is 0.940. The highest BCUT2D eigenvalue weighted by molar-refractivity contribution is 7.47. The number of esters is 4. The van der Waals surface area contributed by atoms with E-state index in [1.54, 1.807) is 0 Å². The zero-order valence-corrected chi connectivity index (χ0v) is 57.4. The Morgan fingerprint density at radius 3 is 0.791 bits per heavy atom. The number of carbonyl (C=O) groups excluding carboxylic acids is 4. The molecule has 0 aromatic heterocycles. The molecule has 3 N–H and O–H groups in total. The summed E-state index contributed by atoms with van der Waals surface area (Å²) in [4.78, 5) is 72.3. The lowest BCUT2D eigenvalue weighted by Gasteiger charge is -2.21. The lowest BCUT2D eigenvalue weighted by atomic mass is 10.0. The maximum absolute atomic E-state index is 13.0. The normalized spacial score (nSPS) is 14.2. The van der Waals surface area contributed by atoms with Crippen molar-refractivity contribution in [1.29, 1.82) is 0 Å². The highest BCUT2D eigenvalue weighted by Crippen LogP contribution is 2.45. The van der Waals surface area contributed by atoms with Crippen LogP contribution in [0.3, 0.4) is 0 Å². The summed E-state index contributed by atoms with van der Waals surface area (Å²) in [6, 6.07) is 0. The molecule has 0 saturated heterocycles. The minimum Gasteiger partial charge on any atom is -0.462 e. The third-order valence-electron chi connectivity index (χ3n) is 15.5. The van der Waals surface area contributed by atoms with E-state index in [9.17, 15) is 43.2 Å². The monoisotopic (exact) mass is 1270 g/mol. The topological polar surface area (TPSA) is 237 Å². The molecule has 0 radical (unpaired) electrons. The number of carbonyl (C=O) groups is 4. The van der Waals surface area contributed by atoms with Gasteiger partial charge in [0.25, 0.3) is 0 Å². The highest BCUT2D eigenvalue weighted by atomic mass is 31.2. The number of hydrogen-bond donors (Lipinski definition) is 3. The summed E-state index contributed by atoms with van der Waals surface area (Å²) < 4.78 is 68.1. The molecule has 0 aromatic carbocycles. The predicted octanol–water partition coefficient (Wildman–Crippen LogP) is 18.8. The van der Waals surface area contributed by atoms with E-state index in [1.807, 2.05) is 0 Å². The second-order valence-electron chi connectivity index (χ2n) is 25.2. The summed E-state index contributed by atoms with van der Waals surface area (Å²) in [6.07, 6.45) is 43.1. The van der Waals surface area contributed by atoms with Gasteiger partial charge in [0.1, 0.15) is 19.3 Å². The largest absolute Gasteiger partial charge is 0.472 e. The Morgan fingerprint density at radius 1 is 0.314 bits per heavy atom. The number of aliphatic hydroxyl groups excluding tert-OH is 1. The SMILES string of the molecule is CCCCCCCCCCCCCCC(=O)OC[C@H](COP(=O)(O)OC[C@@H](O)COP(=O)(O)OC[C@@H](COC(=O)CCCCCCCCC(C)C)OC(=O)CCCCCCCCCCCCC)OC(=O)CCCCCCCCCCCCCC(C)C. The minimum atomic E-state index is -4.95. The van der Waals surface area contributed by atoms with Gasteiger partial charge >= 0.3 is 39.5 Å². The second-order valence-corrected chi connectivity index (χ2v) is 28.1. The van der Waals surface area contributed by atoms with Gasteiger partial charge in [0.2, 0.25) is 0 Å². The highest BCUT2D eigenvalue weighted by Gasteiger charge is 2.30. The third kappa shape index (κ3) is 60.9. The van der Waals surface area contributed by atoms with E-state index in [4.69, 9.17) is 37.0 Å². The van der Waals surface area contributed by atoms with Gasteiger partial charge in [-0.05, 0) is 37.5 Å². The van der Waals surface area contributed by atoms with Crippen LogP contribution in [0.5, 0.6) is 0 Å². The van der Waals surface area contributed by atoms with Crippen LogP contribution in [0.25, 0.3) is 0 Å². The fourth-order valence-corrected chi connectivity index (χ4v) is 11.6. The standard InChI is InChI=1S/C67H130O17P2/c1-7-9-11-13-15-17-19-23-26-30-37-43-49-64(69)77-55-62(83-67(72)52-46-40-32-28-24-20-22-25-29-35-41-47-59(3)4)57-81-85(73,74)79-53-61(68)54-80-86(75,76)82-58-63(56-78-65(70)50-44-38-34-33-36-42-48-60(5)6)84-66(71)51-45-39-31-27-21-18-16-14-12-10-8-2/h59-63,68H,7-58H2,1-6H3,(H,73,74)(H,75,76)/t61-,62-,63-/m1/s1. The molecule has 86 heavy (non-hydrogen) atoms. The Kier molecular flexibility index (Phi) is 58.0. The van der Waals surface area contributed by atoms with Gasteiger partial charge in [-0.2, -0.15) is 0 Å². The van der Waals surface area contributed by atoms with Gasteiger partial charge in [0.05, 0.1) is 26.4 Å². The summed E-state index contributed by atoms with van der Waals surface area (Å²) in [5.74, 6) is -0.684. The summed E-state index contributed by atoms with van der Waals surface area (Å²) >= 11 is 0. The van der Waals surface area contributed by atoms with Crippen molar-refractivity contribution in [1.82, 2.24) is 0 Å². The van der Waals surface area contributed by atoms with Crippen molar-refractivity contribution >= 4 is 39.5 Å². The van der Waals surface area contributed by atoms with Crippen LogP contribution in [-0.2, 0) is 65.4 Å². The summed E-state index contributed by atoms with van der Waals surface area (Å²) in [5, 5.41) is 10.6. The number of hydrogen-bond acceptors (Lipinski definition) is 15. The summed E-state index contributed by atoms with van der Waals surface area (Å²) in [5.41, 5.74) is 0. The predicted molar refractivity (Wildman–Crippen MR) is 345 cm³/mol. The molecule has 19 heteroatoms. The molecule has 0 fully saturated rings. The molecule has 0 aliphatic heterocycles. The zero-order valence-electron chi connectivity index (χ0n) is 55.6. The molecule has 0 rings (SSSR count). The number of phosphoric acid groups is 2. The van der Waals surface area contributed by atoms with Crippen molar-refractivity contribution in [3.63, 3.8) is 0 Å². The van der Waals surface area contributed by atoms with Gasteiger partial charge < -0.3 is 33.8 Å². The van der Waals surface area contributed by atoms with Crippen LogP contribution in [-0.4, -0.2) is 96.7 Å². The molecule has 0 saturated carbocycles. The summed E-state index contributed by atoms with van der Waals surface area (Å²) in [7, 11) is -9.89. The first-order valence-corrected chi connectivity index (χ1v) is 38.0. The average molecular weight is 1270 g/mol. The van der Waals surface area contributed by atoms with Gasteiger partial charge in [0.15, 0.2) is 12.2 Å². The lowest BCUT2D eigenvalue weighted by molar-refractivity contribution is -0.161.